The number of nitrogens with one attached hydrogen (secondary N) is 1. The Hall–Kier alpha value is -1.60. The van der Waals surface area contributed by atoms with Gasteiger partial charge in [-0.2, -0.15) is 0 Å². The van der Waals surface area contributed by atoms with Crippen LogP contribution in [0, 0.1) is 0 Å². The van der Waals surface area contributed by atoms with Crippen molar-refractivity contribution < 1.29 is 22.4 Å². The summed E-state index contributed by atoms with van der Waals surface area (Å²) in [5.74, 6) is -0.321. The highest BCUT2D eigenvalue weighted by molar-refractivity contribution is 7.92. The normalized spacial score (nSPS) is 13.5. The number of furan rings is 1. The minimum atomic E-state index is -3.58. The van der Waals surface area contributed by atoms with Crippen molar-refractivity contribution in [1.82, 2.24) is 4.72 Å². The van der Waals surface area contributed by atoms with Gasteiger partial charge in [0, 0.05) is 10.9 Å². The summed E-state index contributed by atoms with van der Waals surface area (Å²) in [4.78, 5) is 11.8. The molecule has 1 heterocycles. The number of esters is 1. The molecule has 0 fully saturated rings. The van der Waals surface area contributed by atoms with Crippen molar-refractivity contribution in [3.63, 3.8) is 0 Å². The number of hydrogen-bond acceptors (Lipinski definition) is 5. The quantitative estimate of drug-likeness (QED) is 0.858. The molecule has 0 atom stereocenters. The monoisotopic (exact) mass is 329 g/mol. The first-order chi connectivity index (χ1) is 9.77. The predicted molar refractivity (Wildman–Crippen MR) is 84.7 cm³/mol. The van der Waals surface area contributed by atoms with Crippen LogP contribution in [0.25, 0.3) is 6.08 Å². The molecule has 1 N–H and O–H groups in total. The van der Waals surface area contributed by atoms with Gasteiger partial charge < -0.3 is 9.15 Å². The van der Waals surface area contributed by atoms with E-state index in [4.69, 9.17) is 9.15 Å². The van der Waals surface area contributed by atoms with Crippen molar-refractivity contribution in [3.8, 4) is 0 Å². The van der Waals surface area contributed by atoms with E-state index >= 15 is 0 Å². The van der Waals surface area contributed by atoms with Crippen molar-refractivity contribution >= 4 is 22.1 Å². The Morgan fingerprint density at radius 3 is 2.27 bits per heavy atom. The lowest BCUT2D eigenvalue weighted by atomic mass is 10.1. The number of rotatable bonds is 4. The molecule has 0 aliphatic rings. The predicted octanol–water partition coefficient (Wildman–Crippen LogP) is 2.92. The summed E-state index contributed by atoms with van der Waals surface area (Å²) in [7, 11) is -3.58. The van der Waals surface area contributed by atoms with Crippen molar-refractivity contribution in [2.24, 2.45) is 0 Å². The molecule has 0 aromatic carbocycles. The summed E-state index contributed by atoms with van der Waals surface area (Å²) >= 11 is 0. The van der Waals surface area contributed by atoms with E-state index in [1.54, 1.807) is 41.5 Å². The van der Waals surface area contributed by atoms with Crippen LogP contribution < -0.4 is 4.72 Å². The highest BCUT2D eigenvalue weighted by Gasteiger charge is 2.21. The Labute approximate surface area is 131 Å². The smallest absolute Gasteiger partial charge is 0.374 e. The molecule has 0 saturated heterocycles. The SMILES string of the molecule is CC(C)(C)NS(=O)(=O)/C=C/c1ccc(C(=O)OC(C)(C)C)o1. The third-order valence-corrected chi connectivity index (χ3v) is 3.48. The maximum atomic E-state index is 11.8. The Kier molecular flexibility index (Phi) is 5.25. The number of sulfonamides is 1. The van der Waals surface area contributed by atoms with Crippen LogP contribution >= 0.6 is 0 Å². The molecule has 124 valence electrons. The van der Waals surface area contributed by atoms with Gasteiger partial charge in [0.15, 0.2) is 0 Å². The fourth-order valence-corrected chi connectivity index (χ4v) is 2.73. The van der Waals surface area contributed by atoms with Crippen molar-refractivity contribution in [1.29, 1.82) is 0 Å². The summed E-state index contributed by atoms with van der Waals surface area (Å²) in [5, 5.41) is 0.996. The zero-order valence-electron chi connectivity index (χ0n) is 13.8. The van der Waals surface area contributed by atoms with Crippen molar-refractivity contribution in [2.75, 3.05) is 0 Å². The molecule has 0 saturated carbocycles. The summed E-state index contributed by atoms with van der Waals surface area (Å²) in [6, 6.07) is 2.94. The van der Waals surface area contributed by atoms with E-state index in [1.807, 2.05) is 0 Å². The Bertz CT molecular complexity index is 657. The lowest BCUT2D eigenvalue weighted by molar-refractivity contribution is 0.00356. The van der Waals surface area contributed by atoms with Gasteiger partial charge in [-0.05, 0) is 59.8 Å². The van der Waals surface area contributed by atoms with Crippen LogP contribution in [0.4, 0.5) is 0 Å². The maximum Gasteiger partial charge on any atom is 0.374 e. The summed E-state index contributed by atoms with van der Waals surface area (Å²) < 4.78 is 36.5. The molecule has 22 heavy (non-hydrogen) atoms. The molecule has 0 amide bonds. The van der Waals surface area contributed by atoms with E-state index in [9.17, 15) is 13.2 Å². The average Bonchev–Trinajstić information content (AvgIpc) is 2.69. The van der Waals surface area contributed by atoms with Gasteiger partial charge in [0.05, 0.1) is 0 Å². The first-order valence-corrected chi connectivity index (χ1v) is 8.37. The highest BCUT2D eigenvalue weighted by atomic mass is 32.2. The number of ether oxygens (including phenoxy) is 1. The molecule has 7 heteroatoms. The zero-order chi connectivity index (χ0) is 17.2. The Morgan fingerprint density at radius 1 is 1.18 bits per heavy atom. The topological polar surface area (TPSA) is 85.6 Å². The van der Waals surface area contributed by atoms with Gasteiger partial charge in [0.2, 0.25) is 15.8 Å². The molecule has 1 rings (SSSR count). The molecule has 0 aliphatic heterocycles. The Balaban J connectivity index is 2.81. The zero-order valence-corrected chi connectivity index (χ0v) is 14.6. The van der Waals surface area contributed by atoms with Crippen LogP contribution in [0.5, 0.6) is 0 Å². The standard InChI is InChI=1S/C15H23NO5S/c1-14(2,3)16-22(18,19)10-9-11-7-8-12(20-11)13(17)21-15(4,5)6/h7-10,16H,1-6H3/b10-9+. The molecular formula is C15H23NO5S. The minimum absolute atomic E-state index is 0.0238. The van der Waals surface area contributed by atoms with E-state index in [2.05, 4.69) is 4.72 Å². The minimum Gasteiger partial charge on any atom is -0.454 e. The maximum absolute atomic E-state index is 11.8. The van der Waals surface area contributed by atoms with E-state index in [0.717, 1.165) is 5.41 Å². The van der Waals surface area contributed by atoms with Crippen LogP contribution in [0.3, 0.4) is 0 Å². The van der Waals surface area contributed by atoms with Gasteiger partial charge in [0.25, 0.3) is 0 Å². The fraction of sp³-hybridized carbons (Fsp3) is 0.533. The highest BCUT2D eigenvalue weighted by Crippen LogP contribution is 2.16. The first kappa shape index (κ1) is 18.4. The molecule has 0 radical (unpaired) electrons. The van der Waals surface area contributed by atoms with Crippen molar-refractivity contribution in [2.45, 2.75) is 52.7 Å². The summed E-state index contributed by atoms with van der Waals surface area (Å²) in [5.41, 5.74) is -1.20. The second kappa shape index (κ2) is 6.26. The van der Waals surface area contributed by atoms with E-state index < -0.39 is 27.1 Å². The molecule has 1 aromatic rings. The van der Waals surface area contributed by atoms with Crippen LogP contribution in [-0.2, 0) is 14.8 Å². The third-order valence-electron chi connectivity index (χ3n) is 2.09. The first-order valence-electron chi connectivity index (χ1n) is 6.83. The number of carbonyl (C=O) groups is 1. The lowest BCUT2D eigenvalue weighted by Crippen LogP contribution is -2.39. The average molecular weight is 329 g/mol. The molecule has 0 unspecified atom stereocenters. The van der Waals surface area contributed by atoms with Crippen LogP contribution in [0.1, 0.15) is 57.9 Å². The van der Waals surface area contributed by atoms with Gasteiger partial charge in [0.1, 0.15) is 11.4 Å². The van der Waals surface area contributed by atoms with Gasteiger partial charge in [-0.25, -0.2) is 17.9 Å². The summed E-state index contributed by atoms with van der Waals surface area (Å²) in [6.07, 6.45) is 1.28. The third kappa shape index (κ3) is 6.91. The molecule has 0 spiro atoms. The molecule has 0 bridgehead atoms. The molecule has 1 aromatic heterocycles. The van der Waals surface area contributed by atoms with E-state index in [-0.39, 0.29) is 11.5 Å². The molecule has 6 nitrogen and oxygen atoms in total. The van der Waals surface area contributed by atoms with Crippen LogP contribution in [0.2, 0.25) is 0 Å². The van der Waals surface area contributed by atoms with Crippen LogP contribution in [-0.4, -0.2) is 25.5 Å². The van der Waals surface area contributed by atoms with E-state index in [1.165, 1.54) is 18.2 Å². The fourth-order valence-electron chi connectivity index (χ4n) is 1.50. The van der Waals surface area contributed by atoms with Crippen molar-refractivity contribution in [3.05, 3.63) is 29.1 Å². The number of hydrogen-bond donors (Lipinski definition) is 1. The van der Waals surface area contributed by atoms with Gasteiger partial charge in [-0.1, -0.05) is 0 Å². The number of carbonyl (C=O) groups excluding carboxylic acids is 1. The molecular weight excluding hydrogens is 306 g/mol. The summed E-state index contributed by atoms with van der Waals surface area (Å²) in [6.45, 7) is 10.5. The lowest BCUT2D eigenvalue weighted by Gasteiger charge is -2.18. The second-order valence-corrected chi connectivity index (χ2v) is 8.47. The van der Waals surface area contributed by atoms with Crippen LogP contribution in [0.15, 0.2) is 22.0 Å². The van der Waals surface area contributed by atoms with E-state index in [0.29, 0.717) is 0 Å². The molecule has 0 aliphatic carbocycles. The van der Waals surface area contributed by atoms with Gasteiger partial charge >= 0.3 is 5.97 Å². The van der Waals surface area contributed by atoms with Gasteiger partial charge in [-0.3, -0.25) is 0 Å². The second-order valence-electron chi connectivity index (χ2n) is 6.90. The largest absolute Gasteiger partial charge is 0.454 e. The Morgan fingerprint density at radius 2 is 1.77 bits per heavy atom. The van der Waals surface area contributed by atoms with Gasteiger partial charge in [-0.15, -0.1) is 0 Å².